The molecule has 0 bridgehead atoms. The lowest BCUT2D eigenvalue weighted by molar-refractivity contribution is -0.188. The molecular formula is C10H13F3N4O3. The van der Waals surface area contributed by atoms with Crippen LogP contribution in [-0.4, -0.2) is 44.7 Å². The van der Waals surface area contributed by atoms with Crippen molar-refractivity contribution in [3.63, 3.8) is 0 Å². The molecule has 0 fully saturated rings. The van der Waals surface area contributed by atoms with E-state index in [0.717, 1.165) is 0 Å². The van der Waals surface area contributed by atoms with E-state index in [2.05, 4.69) is 9.97 Å². The Hall–Kier alpha value is -2.10. The van der Waals surface area contributed by atoms with Gasteiger partial charge in [0.2, 0.25) is 5.91 Å². The lowest BCUT2D eigenvalue weighted by Crippen LogP contribution is -2.63. The van der Waals surface area contributed by atoms with Crippen LogP contribution in [0.3, 0.4) is 0 Å². The molecule has 0 aliphatic rings. The van der Waals surface area contributed by atoms with E-state index in [4.69, 9.17) is 10.8 Å². The second-order valence-corrected chi connectivity index (χ2v) is 4.35. The molecule has 112 valence electrons. The fraction of sp³-hybridized carbons (Fsp3) is 0.500. The van der Waals surface area contributed by atoms with E-state index in [1.165, 1.54) is 12.5 Å². The number of carbonyl (C=O) groups is 2. The van der Waals surface area contributed by atoms with Gasteiger partial charge >= 0.3 is 12.1 Å². The van der Waals surface area contributed by atoms with Crippen LogP contribution in [0.4, 0.5) is 13.2 Å². The Morgan fingerprint density at radius 3 is 2.55 bits per heavy atom. The van der Waals surface area contributed by atoms with Crippen LogP contribution in [0.5, 0.6) is 0 Å². The highest BCUT2D eigenvalue weighted by Gasteiger charge is 2.54. The minimum Gasteiger partial charge on any atom is -0.480 e. The van der Waals surface area contributed by atoms with Gasteiger partial charge in [0.15, 0.2) is 5.54 Å². The number of aliphatic carboxylic acids is 1. The van der Waals surface area contributed by atoms with E-state index in [1.807, 2.05) is 0 Å². The second kappa shape index (κ2) is 5.49. The standard InChI is InChI=1S/C10H13F3N4O3/c1-9(14,10(11,12)13)8(20)17-6(7(18)19)2-5-3-15-4-16-5/h3-4,6H,2,14H2,1H3,(H,15,16)(H,17,20)(H,18,19)/t6-,9?/m0/s1. The molecule has 1 heterocycles. The van der Waals surface area contributed by atoms with E-state index in [1.54, 1.807) is 5.32 Å². The van der Waals surface area contributed by atoms with E-state index in [9.17, 15) is 22.8 Å². The van der Waals surface area contributed by atoms with Gasteiger partial charge in [0.05, 0.1) is 6.33 Å². The van der Waals surface area contributed by atoms with Crippen LogP contribution in [-0.2, 0) is 16.0 Å². The van der Waals surface area contributed by atoms with Gasteiger partial charge in [-0.2, -0.15) is 13.2 Å². The number of hydrogen-bond donors (Lipinski definition) is 4. The number of carboxylic acids is 1. The fourth-order valence-corrected chi connectivity index (χ4v) is 1.25. The molecular weight excluding hydrogens is 281 g/mol. The number of halogens is 3. The first-order valence-electron chi connectivity index (χ1n) is 5.42. The monoisotopic (exact) mass is 294 g/mol. The number of rotatable bonds is 5. The summed E-state index contributed by atoms with van der Waals surface area (Å²) < 4.78 is 37.7. The highest BCUT2D eigenvalue weighted by molar-refractivity contribution is 5.90. The van der Waals surface area contributed by atoms with Crippen molar-refractivity contribution >= 4 is 11.9 Å². The van der Waals surface area contributed by atoms with Crippen molar-refractivity contribution in [2.75, 3.05) is 0 Å². The van der Waals surface area contributed by atoms with Gasteiger partial charge in [-0.3, -0.25) is 4.79 Å². The maximum atomic E-state index is 12.6. The number of nitrogens with one attached hydrogen (secondary N) is 2. The van der Waals surface area contributed by atoms with Crippen molar-refractivity contribution in [3.8, 4) is 0 Å². The molecule has 5 N–H and O–H groups in total. The first kappa shape index (κ1) is 16.0. The molecule has 1 rings (SSSR count). The van der Waals surface area contributed by atoms with E-state index < -0.39 is 29.6 Å². The molecule has 0 aromatic carbocycles. The molecule has 0 aliphatic heterocycles. The van der Waals surface area contributed by atoms with Gasteiger partial charge in [-0.1, -0.05) is 0 Å². The van der Waals surface area contributed by atoms with Crippen LogP contribution < -0.4 is 11.1 Å². The SMILES string of the molecule is CC(N)(C(=O)N[C@@H](Cc1cnc[nH]1)C(=O)O)C(F)(F)F. The van der Waals surface area contributed by atoms with Crippen LogP contribution in [0.25, 0.3) is 0 Å². The number of hydrogen-bond acceptors (Lipinski definition) is 4. The number of carboxylic acid groups (broad SMARTS) is 1. The third kappa shape index (κ3) is 3.47. The normalized spacial score (nSPS) is 16.2. The molecule has 1 aromatic heterocycles. The summed E-state index contributed by atoms with van der Waals surface area (Å²) in [5, 5.41) is 10.7. The van der Waals surface area contributed by atoms with Crippen molar-refractivity contribution in [3.05, 3.63) is 18.2 Å². The lowest BCUT2D eigenvalue weighted by Gasteiger charge is -2.27. The molecule has 0 aliphatic carbocycles. The maximum Gasteiger partial charge on any atom is 0.415 e. The highest BCUT2D eigenvalue weighted by Crippen LogP contribution is 2.28. The molecule has 1 aromatic rings. The smallest absolute Gasteiger partial charge is 0.415 e. The minimum atomic E-state index is -4.99. The minimum absolute atomic E-state index is 0.241. The molecule has 10 heteroatoms. The molecule has 0 radical (unpaired) electrons. The molecule has 1 amide bonds. The van der Waals surface area contributed by atoms with Crippen LogP contribution in [0, 0.1) is 0 Å². The predicted molar refractivity (Wildman–Crippen MR) is 60.5 cm³/mol. The molecule has 2 atom stereocenters. The van der Waals surface area contributed by atoms with Crippen LogP contribution in [0.2, 0.25) is 0 Å². The summed E-state index contributed by atoms with van der Waals surface area (Å²) in [7, 11) is 0. The van der Waals surface area contributed by atoms with Crippen molar-refractivity contribution in [1.29, 1.82) is 0 Å². The van der Waals surface area contributed by atoms with Crippen LogP contribution >= 0.6 is 0 Å². The van der Waals surface area contributed by atoms with E-state index >= 15 is 0 Å². The summed E-state index contributed by atoms with van der Waals surface area (Å²) in [6.45, 7) is 0.470. The second-order valence-electron chi connectivity index (χ2n) is 4.35. The zero-order valence-corrected chi connectivity index (χ0v) is 10.4. The fourth-order valence-electron chi connectivity index (χ4n) is 1.25. The van der Waals surface area contributed by atoms with Crippen LogP contribution in [0.1, 0.15) is 12.6 Å². The zero-order chi connectivity index (χ0) is 15.6. The van der Waals surface area contributed by atoms with Gasteiger partial charge in [0.1, 0.15) is 6.04 Å². The molecule has 20 heavy (non-hydrogen) atoms. The Balaban J connectivity index is 2.81. The molecule has 1 unspecified atom stereocenters. The zero-order valence-electron chi connectivity index (χ0n) is 10.4. The van der Waals surface area contributed by atoms with Gasteiger partial charge < -0.3 is 21.1 Å². The summed E-state index contributed by atoms with van der Waals surface area (Å²) in [5.74, 6) is -3.09. The molecule has 0 spiro atoms. The number of aromatic amines is 1. The number of imidazole rings is 1. The van der Waals surface area contributed by atoms with E-state index in [-0.39, 0.29) is 6.42 Å². The van der Waals surface area contributed by atoms with E-state index in [0.29, 0.717) is 12.6 Å². The number of nitrogens with zero attached hydrogens (tertiary/aromatic N) is 1. The summed E-state index contributed by atoms with van der Waals surface area (Å²) in [6.07, 6.45) is -2.66. The number of nitrogens with two attached hydrogens (primary N) is 1. The topological polar surface area (TPSA) is 121 Å². The average Bonchev–Trinajstić information content (AvgIpc) is 2.78. The number of H-pyrrole nitrogens is 1. The molecule has 0 saturated heterocycles. The Morgan fingerprint density at radius 2 is 2.15 bits per heavy atom. The van der Waals surface area contributed by atoms with Gasteiger partial charge in [-0.15, -0.1) is 0 Å². The Labute approximate surface area is 111 Å². The summed E-state index contributed by atoms with van der Waals surface area (Å²) >= 11 is 0. The number of carbonyl (C=O) groups excluding carboxylic acids is 1. The van der Waals surface area contributed by atoms with Gasteiger partial charge in [0, 0.05) is 18.3 Å². The molecule has 0 saturated carbocycles. The largest absolute Gasteiger partial charge is 0.480 e. The number of amides is 1. The Morgan fingerprint density at radius 1 is 1.55 bits per heavy atom. The third-order valence-corrected chi connectivity index (χ3v) is 2.64. The highest BCUT2D eigenvalue weighted by atomic mass is 19.4. The van der Waals surface area contributed by atoms with Crippen LogP contribution in [0.15, 0.2) is 12.5 Å². The average molecular weight is 294 g/mol. The van der Waals surface area contributed by atoms with Crippen molar-refractivity contribution in [1.82, 2.24) is 15.3 Å². The summed E-state index contributed by atoms with van der Waals surface area (Å²) in [5.41, 5.74) is 2.09. The summed E-state index contributed by atoms with van der Waals surface area (Å²) in [4.78, 5) is 28.7. The third-order valence-electron chi connectivity index (χ3n) is 2.64. The van der Waals surface area contributed by atoms with Crippen molar-refractivity contribution in [2.24, 2.45) is 5.73 Å². The number of aromatic nitrogens is 2. The van der Waals surface area contributed by atoms with Gasteiger partial charge in [-0.25, -0.2) is 9.78 Å². The molecule has 7 nitrogen and oxygen atoms in total. The first-order valence-corrected chi connectivity index (χ1v) is 5.42. The number of alkyl halides is 3. The van der Waals surface area contributed by atoms with Gasteiger partial charge in [-0.05, 0) is 6.92 Å². The first-order chi connectivity index (χ1) is 9.05. The van der Waals surface area contributed by atoms with Crippen molar-refractivity contribution in [2.45, 2.75) is 31.1 Å². The lowest BCUT2D eigenvalue weighted by atomic mass is 10.0. The van der Waals surface area contributed by atoms with Gasteiger partial charge in [0.25, 0.3) is 0 Å². The Kier molecular flexibility index (Phi) is 4.38. The predicted octanol–water partition coefficient (Wildman–Crippen LogP) is -0.199. The Bertz CT molecular complexity index is 484. The van der Waals surface area contributed by atoms with Crippen molar-refractivity contribution < 1.29 is 27.9 Å². The quantitative estimate of drug-likeness (QED) is 0.599. The maximum absolute atomic E-state index is 12.6. The summed E-state index contributed by atoms with van der Waals surface area (Å²) in [6, 6.07) is -1.55.